The molecule has 0 aliphatic rings. The van der Waals surface area contributed by atoms with E-state index >= 15 is 0 Å². The number of phenols is 1. The van der Waals surface area contributed by atoms with Gasteiger partial charge in [0, 0.05) is 21.6 Å². The minimum atomic E-state index is 0.261. The zero-order valence-corrected chi connectivity index (χ0v) is 11.1. The molecule has 3 aromatic rings. The van der Waals surface area contributed by atoms with Gasteiger partial charge in [-0.3, -0.25) is 4.98 Å². The van der Waals surface area contributed by atoms with E-state index in [1.165, 1.54) is 0 Å². The largest absolute Gasteiger partial charge is 0.508 e. The van der Waals surface area contributed by atoms with Crippen LogP contribution in [0.5, 0.6) is 5.75 Å². The average molecular weight is 300 g/mol. The minimum Gasteiger partial charge on any atom is -0.508 e. The summed E-state index contributed by atoms with van der Waals surface area (Å²) in [5.41, 5.74) is 2.90. The van der Waals surface area contributed by atoms with Crippen molar-refractivity contribution in [3.8, 4) is 16.9 Å². The van der Waals surface area contributed by atoms with E-state index in [1.54, 1.807) is 18.3 Å². The Labute approximate surface area is 113 Å². The fraction of sp³-hybridized carbons (Fsp3) is 0. The molecule has 2 aromatic carbocycles. The van der Waals surface area contributed by atoms with Crippen molar-refractivity contribution in [3.05, 3.63) is 59.2 Å². The molecule has 3 heteroatoms. The molecule has 0 aliphatic heterocycles. The summed E-state index contributed by atoms with van der Waals surface area (Å²) >= 11 is 3.51. The van der Waals surface area contributed by atoms with Crippen molar-refractivity contribution in [2.75, 3.05) is 0 Å². The van der Waals surface area contributed by atoms with E-state index in [0.717, 1.165) is 26.5 Å². The van der Waals surface area contributed by atoms with Crippen molar-refractivity contribution in [2.45, 2.75) is 0 Å². The Morgan fingerprint density at radius 1 is 1.00 bits per heavy atom. The number of fused-ring (bicyclic) bond motifs is 1. The van der Waals surface area contributed by atoms with E-state index in [9.17, 15) is 5.11 Å². The van der Waals surface area contributed by atoms with Crippen LogP contribution in [-0.2, 0) is 0 Å². The number of pyridine rings is 1. The van der Waals surface area contributed by atoms with Gasteiger partial charge in [-0.2, -0.15) is 0 Å². The zero-order chi connectivity index (χ0) is 12.5. The molecule has 0 saturated carbocycles. The van der Waals surface area contributed by atoms with Crippen LogP contribution in [-0.4, -0.2) is 10.1 Å². The number of phenolic OH excluding ortho intramolecular Hbond substituents is 1. The van der Waals surface area contributed by atoms with E-state index in [1.807, 2.05) is 36.4 Å². The number of hydrogen-bond acceptors (Lipinski definition) is 2. The van der Waals surface area contributed by atoms with Crippen LogP contribution < -0.4 is 0 Å². The second-order valence-corrected chi connectivity index (χ2v) is 4.99. The van der Waals surface area contributed by atoms with Gasteiger partial charge in [-0.05, 0) is 35.9 Å². The first-order valence-electron chi connectivity index (χ1n) is 5.58. The van der Waals surface area contributed by atoms with Crippen LogP contribution in [0.15, 0.2) is 59.2 Å². The van der Waals surface area contributed by atoms with Gasteiger partial charge in [-0.25, -0.2) is 0 Å². The van der Waals surface area contributed by atoms with Crippen LogP contribution in [0.2, 0.25) is 0 Å². The van der Waals surface area contributed by atoms with Gasteiger partial charge >= 0.3 is 0 Å². The van der Waals surface area contributed by atoms with Gasteiger partial charge in [0.05, 0.1) is 5.52 Å². The highest BCUT2D eigenvalue weighted by Gasteiger charge is 2.07. The molecule has 18 heavy (non-hydrogen) atoms. The Balaban J connectivity index is 2.34. The molecule has 0 saturated heterocycles. The summed E-state index contributed by atoms with van der Waals surface area (Å²) in [6.07, 6.45) is 1.78. The number of aromatic nitrogens is 1. The molecule has 0 fully saturated rings. The van der Waals surface area contributed by atoms with Crippen LogP contribution in [0.25, 0.3) is 22.0 Å². The third-order valence-electron chi connectivity index (χ3n) is 2.83. The lowest BCUT2D eigenvalue weighted by Crippen LogP contribution is -1.85. The molecule has 0 radical (unpaired) electrons. The molecule has 0 spiro atoms. The van der Waals surface area contributed by atoms with Crippen LogP contribution in [0.1, 0.15) is 0 Å². The van der Waals surface area contributed by atoms with E-state index in [-0.39, 0.29) is 5.75 Å². The Kier molecular flexibility index (Phi) is 2.76. The Bertz CT molecular complexity index is 725. The molecule has 88 valence electrons. The first-order chi connectivity index (χ1) is 8.74. The number of aromatic hydroxyl groups is 1. The number of halogens is 1. The molecule has 1 heterocycles. The van der Waals surface area contributed by atoms with Gasteiger partial charge in [0.1, 0.15) is 5.75 Å². The van der Waals surface area contributed by atoms with Crippen molar-refractivity contribution >= 4 is 26.8 Å². The molecule has 0 atom stereocenters. The van der Waals surface area contributed by atoms with Crippen LogP contribution >= 0.6 is 15.9 Å². The van der Waals surface area contributed by atoms with E-state index in [4.69, 9.17) is 0 Å². The number of hydrogen-bond donors (Lipinski definition) is 1. The standard InChI is InChI=1S/C15H10BrNO/c16-12-7-11-4-2-6-17-15(11)14(9-12)10-3-1-5-13(18)8-10/h1-9,18H. The number of rotatable bonds is 1. The number of nitrogens with zero attached hydrogens (tertiary/aromatic N) is 1. The fourth-order valence-electron chi connectivity index (χ4n) is 2.05. The second kappa shape index (κ2) is 4.42. The average Bonchev–Trinajstić information content (AvgIpc) is 2.37. The maximum atomic E-state index is 9.58. The van der Waals surface area contributed by atoms with E-state index in [2.05, 4.69) is 20.9 Å². The lowest BCUT2D eigenvalue weighted by atomic mass is 10.0. The van der Waals surface area contributed by atoms with Gasteiger partial charge in [0.15, 0.2) is 0 Å². The first kappa shape index (κ1) is 11.2. The van der Waals surface area contributed by atoms with Crippen LogP contribution in [0.4, 0.5) is 0 Å². The zero-order valence-electron chi connectivity index (χ0n) is 9.47. The molecule has 1 aromatic heterocycles. The highest BCUT2D eigenvalue weighted by Crippen LogP contribution is 2.32. The third-order valence-corrected chi connectivity index (χ3v) is 3.28. The van der Waals surface area contributed by atoms with Gasteiger partial charge in [-0.1, -0.05) is 34.1 Å². The Morgan fingerprint density at radius 2 is 1.89 bits per heavy atom. The van der Waals surface area contributed by atoms with Gasteiger partial charge in [0.25, 0.3) is 0 Å². The molecular weight excluding hydrogens is 290 g/mol. The molecule has 2 nitrogen and oxygen atoms in total. The Hall–Kier alpha value is -1.87. The van der Waals surface area contributed by atoms with Gasteiger partial charge in [0.2, 0.25) is 0 Å². The summed E-state index contributed by atoms with van der Waals surface area (Å²) in [6, 6.07) is 15.2. The predicted octanol–water partition coefficient (Wildman–Crippen LogP) is 4.37. The molecular formula is C15H10BrNO. The lowest BCUT2D eigenvalue weighted by Gasteiger charge is -2.07. The van der Waals surface area contributed by atoms with Crippen molar-refractivity contribution in [3.63, 3.8) is 0 Å². The van der Waals surface area contributed by atoms with Crippen molar-refractivity contribution in [1.29, 1.82) is 0 Å². The SMILES string of the molecule is Oc1cccc(-c2cc(Br)cc3cccnc23)c1. The third kappa shape index (κ3) is 1.97. The molecule has 1 N–H and O–H groups in total. The fourth-order valence-corrected chi connectivity index (χ4v) is 2.52. The quantitative estimate of drug-likeness (QED) is 0.724. The molecule has 0 aliphatic carbocycles. The Morgan fingerprint density at radius 3 is 2.72 bits per heavy atom. The van der Waals surface area contributed by atoms with Gasteiger partial charge in [-0.15, -0.1) is 0 Å². The van der Waals surface area contributed by atoms with E-state index in [0.29, 0.717) is 0 Å². The predicted molar refractivity (Wildman–Crippen MR) is 76.5 cm³/mol. The van der Waals surface area contributed by atoms with Crippen LogP contribution in [0, 0.1) is 0 Å². The summed E-state index contributed by atoms with van der Waals surface area (Å²) in [5, 5.41) is 10.7. The summed E-state index contributed by atoms with van der Waals surface area (Å²) in [7, 11) is 0. The topological polar surface area (TPSA) is 33.1 Å². The normalized spacial score (nSPS) is 10.7. The molecule has 3 rings (SSSR count). The maximum Gasteiger partial charge on any atom is 0.116 e. The molecule has 0 bridgehead atoms. The first-order valence-corrected chi connectivity index (χ1v) is 6.37. The van der Waals surface area contributed by atoms with Crippen LogP contribution in [0.3, 0.4) is 0 Å². The monoisotopic (exact) mass is 299 g/mol. The van der Waals surface area contributed by atoms with Crippen molar-refractivity contribution < 1.29 is 5.11 Å². The highest BCUT2D eigenvalue weighted by atomic mass is 79.9. The smallest absolute Gasteiger partial charge is 0.116 e. The minimum absolute atomic E-state index is 0.261. The summed E-state index contributed by atoms with van der Waals surface area (Å²) < 4.78 is 1.00. The molecule has 0 unspecified atom stereocenters. The lowest BCUT2D eigenvalue weighted by molar-refractivity contribution is 0.475. The maximum absolute atomic E-state index is 9.58. The summed E-state index contributed by atoms with van der Waals surface area (Å²) in [4.78, 5) is 4.43. The number of benzene rings is 2. The summed E-state index contributed by atoms with van der Waals surface area (Å²) in [6.45, 7) is 0. The van der Waals surface area contributed by atoms with E-state index < -0.39 is 0 Å². The van der Waals surface area contributed by atoms with Gasteiger partial charge < -0.3 is 5.11 Å². The summed E-state index contributed by atoms with van der Waals surface area (Å²) in [5.74, 6) is 0.261. The second-order valence-electron chi connectivity index (χ2n) is 4.08. The molecule has 0 amide bonds. The van der Waals surface area contributed by atoms with Crippen molar-refractivity contribution in [2.24, 2.45) is 0 Å². The highest BCUT2D eigenvalue weighted by molar-refractivity contribution is 9.10. The van der Waals surface area contributed by atoms with Crippen molar-refractivity contribution in [1.82, 2.24) is 4.98 Å².